The number of hydrogen-bond donors (Lipinski definition) is 1. The van der Waals surface area contributed by atoms with E-state index in [-0.39, 0.29) is 0 Å². The third kappa shape index (κ3) is 5.13. The molecule has 2 aromatic rings. The fourth-order valence-electron chi connectivity index (χ4n) is 2.06. The Labute approximate surface area is 131 Å². The predicted octanol–water partition coefficient (Wildman–Crippen LogP) is 3.63. The second-order valence-corrected chi connectivity index (χ2v) is 5.40. The molecular formula is C18H21NO3. The average molecular weight is 299 g/mol. The molecule has 2 rings (SSSR count). The molecule has 0 aliphatic heterocycles. The van der Waals surface area contributed by atoms with Crippen LogP contribution < -0.4 is 10.1 Å². The second kappa shape index (κ2) is 7.50. The van der Waals surface area contributed by atoms with Crippen molar-refractivity contribution in [1.29, 1.82) is 0 Å². The van der Waals surface area contributed by atoms with Gasteiger partial charge in [-0.2, -0.15) is 0 Å². The Morgan fingerprint density at radius 3 is 2.36 bits per heavy atom. The van der Waals surface area contributed by atoms with Gasteiger partial charge in [0.05, 0.1) is 0 Å². The third-order valence-electron chi connectivity index (χ3n) is 3.14. The first-order valence-electron chi connectivity index (χ1n) is 7.27. The lowest BCUT2D eigenvalue weighted by molar-refractivity contribution is -0.170. The van der Waals surface area contributed by atoms with Crippen LogP contribution in [0.25, 0.3) is 0 Å². The van der Waals surface area contributed by atoms with Crippen molar-refractivity contribution in [3.63, 3.8) is 0 Å². The number of hydrogen-bond acceptors (Lipinski definition) is 4. The van der Waals surface area contributed by atoms with Crippen LogP contribution in [0.1, 0.15) is 19.4 Å². The molecule has 0 fully saturated rings. The highest BCUT2D eigenvalue weighted by Crippen LogP contribution is 2.21. The first-order valence-corrected chi connectivity index (χ1v) is 7.27. The zero-order chi connectivity index (χ0) is 15.8. The number of carbonyl (C=O) groups excluding carboxylic acids is 1. The van der Waals surface area contributed by atoms with Crippen molar-refractivity contribution < 1.29 is 14.3 Å². The average Bonchev–Trinajstić information content (AvgIpc) is 2.50. The summed E-state index contributed by atoms with van der Waals surface area (Å²) >= 11 is 0. The molecule has 2 aromatic carbocycles. The monoisotopic (exact) mass is 299 g/mol. The largest absolute Gasteiger partial charge is 0.453 e. The molecule has 4 heteroatoms. The number of rotatable bonds is 8. The first-order chi connectivity index (χ1) is 10.6. The molecule has 0 aliphatic rings. The van der Waals surface area contributed by atoms with Crippen LogP contribution in [0, 0.1) is 0 Å². The Hall–Kier alpha value is -2.49. The van der Waals surface area contributed by atoms with Crippen molar-refractivity contribution in [2.24, 2.45) is 0 Å². The van der Waals surface area contributed by atoms with Crippen molar-refractivity contribution in [3.05, 3.63) is 60.2 Å². The summed E-state index contributed by atoms with van der Waals surface area (Å²) in [5.41, 5.74) is 2.33. The van der Waals surface area contributed by atoms with Gasteiger partial charge in [-0.15, -0.1) is 0 Å². The van der Waals surface area contributed by atoms with Gasteiger partial charge in [0.25, 0.3) is 6.47 Å². The zero-order valence-corrected chi connectivity index (χ0v) is 12.9. The van der Waals surface area contributed by atoms with Crippen LogP contribution in [-0.2, 0) is 16.0 Å². The van der Waals surface area contributed by atoms with Gasteiger partial charge in [0, 0.05) is 26.1 Å². The highest BCUT2D eigenvalue weighted by Gasteiger charge is 2.20. The minimum absolute atomic E-state index is 0.388. The van der Waals surface area contributed by atoms with Crippen LogP contribution in [0.4, 0.5) is 5.69 Å². The molecule has 0 atom stereocenters. The Bertz CT molecular complexity index is 579. The minimum Gasteiger partial charge on any atom is -0.453 e. The van der Waals surface area contributed by atoms with Gasteiger partial charge in [-0.05, 0) is 36.2 Å². The van der Waals surface area contributed by atoms with Crippen LogP contribution in [0.5, 0.6) is 5.75 Å². The molecule has 4 nitrogen and oxygen atoms in total. The van der Waals surface area contributed by atoms with E-state index in [9.17, 15) is 4.79 Å². The van der Waals surface area contributed by atoms with E-state index in [0.29, 0.717) is 12.2 Å². The van der Waals surface area contributed by atoms with Crippen molar-refractivity contribution >= 4 is 12.2 Å². The van der Waals surface area contributed by atoms with Crippen molar-refractivity contribution in [1.82, 2.24) is 0 Å². The Morgan fingerprint density at radius 1 is 1.05 bits per heavy atom. The molecule has 0 aromatic heterocycles. The Balaban J connectivity index is 1.83. The quantitative estimate of drug-likeness (QED) is 0.597. The highest BCUT2D eigenvalue weighted by atomic mass is 16.7. The van der Waals surface area contributed by atoms with E-state index in [0.717, 1.165) is 18.7 Å². The van der Waals surface area contributed by atoms with E-state index in [1.807, 2.05) is 42.5 Å². The fraction of sp³-hybridized carbons (Fsp3) is 0.278. The summed E-state index contributed by atoms with van der Waals surface area (Å²) in [6, 6.07) is 17.9. The number of carbonyl (C=O) groups is 1. The van der Waals surface area contributed by atoms with Gasteiger partial charge >= 0.3 is 0 Å². The van der Waals surface area contributed by atoms with Gasteiger partial charge in [0.15, 0.2) is 0 Å². The molecule has 0 saturated heterocycles. The fourth-order valence-corrected chi connectivity index (χ4v) is 2.06. The molecule has 0 aliphatic carbocycles. The molecule has 0 heterocycles. The van der Waals surface area contributed by atoms with E-state index in [1.54, 1.807) is 13.8 Å². The third-order valence-corrected chi connectivity index (χ3v) is 3.14. The van der Waals surface area contributed by atoms with Crippen molar-refractivity contribution in [3.8, 4) is 5.75 Å². The van der Waals surface area contributed by atoms with Gasteiger partial charge in [-0.25, -0.2) is 0 Å². The summed E-state index contributed by atoms with van der Waals surface area (Å²) in [4.78, 5) is 10.4. The summed E-state index contributed by atoms with van der Waals surface area (Å²) in [6.07, 6.45) is 0.972. The zero-order valence-electron chi connectivity index (χ0n) is 12.9. The Morgan fingerprint density at radius 2 is 1.73 bits per heavy atom. The van der Waals surface area contributed by atoms with Gasteiger partial charge < -0.3 is 14.8 Å². The molecule has 0 amide bonds. The molecule has 0 unspecified atom stereocenters. The van der Waals surface area contributed by atoms with E-state index in [2.05, 4.69) is 17.4 Å². The van der Waals surface area contributed by atoms with Gasteiger partial charge in [-0.3, -0.25) is 4.79 Å². The predicted molar refractivity (Wildman–Crippen MR) is 86.9 cm³/mol. The molecule has 1 N–H and O–H groups in total. The van der Waals surface area contributed by atoms with E-state index in [4.69, 9.17) is 9.47 Å². The van der Waals surface area contributed by atoms with Crippen LogP contribution in [-0.4, -0.2) is 18.8 Å². The van der Waals surface area contributed by atoms with Crippen LogP contribution in [0.3, 0.4) is 0 Å². The lowest BCUT2D eigenvalue weighted by Gasteiger charge is -2.24. The SMILES string of the molecule is CC(C)(OC=O)Oc1ccc(NCCc2ccccc2)cc1. The van der Waals surface area contributed by atoms with Gasteiger partial charge in [-0.1, -0.05) is 30.3 Å². The molecule has 116 valence electrons. The molecule has 22 heavy (non-hydrogen) atoms. The Kier molecular flexibility index (Phi) is 5.42. The standard InChI is InChI=1S/C18H21NO3/c1-18(2,21-14-20)22-17-10-8-16(9-11-17)19-13-12-15-6-4-3-5-7-15/h3-11,14,19H,12-13H2,1-2H3. The topological polar surface area (TPSA) is 47.6 Å². The number of nitrogens with one attached hydrogen (secondary N) is 1. The highest BCUT2D eigenvalue weighted by molar-refractivity contribution is 5.46. The van der Waals surface area contributed by atoms with E-state index in [1.165, 1.54) is 5.56 Å². The normalized spacial score (nSPS) is 10.8. The summed E-state index contributed by atoms with van der Waals surface area (Å²) in [5, 5.41) is 3.37. The van der Waals surface area contributed by atoms with E-state index >= 15 is 0 Å². The lowest BCUT2D eigenvalue weighted by atomic mass is 10.1. The maximum Gasteiger partial charge on any atom is 0.296 e. The van der Waals surface area contributed by atoms with Crippen LogP contribution in [0.2, 0.25) is 0 Å². The molecular weight excluding hydrogens is 278 g/mol. The number of anilines is 1. The summed E-state index contributed by atoms with van der Waals surface area (Å²) in [6.45, 7) is 4.63. The van der Waals surface area contributed by atoms with Gasteiger partial charge in [0.1, 0.15) is 5.75 Å². The second-order valence-electron chi connectivity index (χ2n) is 5.40. The molecule has 0 bridgehead atoms. The van der Waals surface area contributed by atoms with Crippen LogP contribution >= 0.6 is 0 Å². The van der Waals surface area contributed by atoms with Crippen molar-refractivity contribution in [2.45, 2.75) is 26.1 Å². The summed E-state index contributed by atoms with van der Waals surface area (Å²) in [5.74, 6) is -0.315. The number of benzene rings is 2. The maximum absolute atomic E-state index is 10.4. The molecule has 0 saturated carbocycles. The molecule has 0 radical (unpaired) electrons. The summed E-state index contributed by atoms with van der Waals surface area (Å²) < 4.78 is 10.4. The lowest BCUT2D eigenvalue weighted by Crippen LogP contribution is -2.31. The minimum atomic E-state index is -0.968. The number of ether oxygens (including phenoxy) is 2. The smallest absolute Gasteiger partial charge is 0.296 e. The summed E-state index contributed by atoms with van der Waals surface area (Å²) in [7, 11) is 0. The maximum atomic E-state index is 10.4. The first kappa shape index (κ1) is 15.9. The van der Waals surface area contributed by atoms with Gasteiger partial charge in [0.2, 0.25) is 5.79 Å². The van der Waals surface area contributed by atoms with E-state index < -0.39 is 5.79 Å². The molecule has 0 spiro atoms. The van der Waals surface area contributed by atoms with Crippen molar-refractivity contribution in [2.75, 3.05) is 11.9 Å². The van der Waals surface area contributed by atoms with Crippen LogP contribution in [0.15, 0.2) is 54.6 Å².